The van der Waals surface area contributed by atoms with Gasteiger partial charge in [0.25, 0.3) is 0 Å². The van der Waals surface area contributed by atoms with Crippen molar-refractivity contribution in [3.05, 3.63) is 0 Å². The summed E-state index contributed by atoms with van der Waals surface area (Å²) < 4.78 is 26.0. The number of hydrogen-bond donors (Lipinski definition) is 2. The Kier molecular flexibility index (Phi) is 7.14. The molecule has 6 heteroatoms. The fraction of sp³-hybridized carbons (Fsp3) is 1.00. The van der Waals surface area contributed by atoms with E-state index in [1.165, 1.54) is 12.8 Å². The van der Waals surface area contributed by atoms with Crippen LogP contribution in [0.15, 0.2) is 0 Å². The predicted molar refractivity (Wildman–Crippen MR) is 75.2 cm³/mol. The molecular weight excluding hydrogens is 250 g/mol. The van der Waals surface area contributed by atoms with Gasteiger partial charge >= 0.3 is 0 Å². The summed E-state index contributed by atoms with van der Waals surface area (Å²) in [5.74, 6) is 0.227. The summed E-state index contributed by atoms with van der Waals surface area (Å²) in [6.45, 7) is 8.20. The van der Waals surface area contributed by atoms with E-state index in [1.807, 2.05) is 0 Å². The Morgan fingerprint density at radius 3 is 2.39 bits per heavy atom. The fourth-order valence-electron chi connectivity index (χ4n) is 1.83. The molecule has 0 aromatic rings. The standard InChI is InChI=1S/C12H27N3O2S/c1-3-15(4-2)10-9-14-18(16,17)11-5-8-13-12-6-7-12/h12-14H,3-11H2,1-2H3. The van der Waals surface area contributed by atoms with Gasteiger partial charge in [0.05, 0.1) is 5.75 Å². The van der Waals surface area contributed by atoms with E-state index in [0.29, 0.717) is 19.0 Å². The highest BCUT2D eigenvalue weighted by molar-refractivity contribution is 7.89. The van der Waals surface area contributed by atoms with Crippen LogP contribution < -0.4 is 10.0 Å². The second-order valence-electron chi connectivity index (χ2n) is 4.82. The summed E-state index contributed by atoms with van der Waals surface area (Å²) in [7, 11) is -3.09. The van der Waals surface area contributed by atoms with E-state index in [-0.39, 0.29) is 5.75 Å². The fourth-order valence-corrected chi connectivity index (χ4v) is 2.90. The monoisotopic (exact) mass is 277 g/mol. The molecular formula is C12H27N3O2S. The first-order valence-electron chi connectivity index (χ1n) is 7.00. The van der Waals surface area contributed by atoms with Gasteiger partial charge in [0.15, 0.2) is 0 Å². The number of sulfonamides is 1. The first-order chi connectivity index (χ1) is 8.57. The molecule has 0 saturated heterocycles. The Hall–Kier alpha value is -0.170. The zero-order chi connectivity index (χ0) is 13.4. The van der Waals surface area contributed by atoms with Crippen molar-refractivity contribution >= 4 is 10.0 Å². The lowest BCUT2D eigenvalue weighted by molar-refractivity contribution is 0.309. The zero-order valence-electron chi connectivity index (χ0n) is 11.6. The molecule has 1 aliphatic carbocycles. The lowest BCUT2D eigenvalue weighted by atomic mass is 10.5. The lowest BCUT2D eigenvalue weighted by Gasteiger charge is -2.17. The number of likely N-dealkylation sites (N-methyl/N-ethyl adjacent to an activating group) is 1. The van der Waals surface area contributed by atoms with Crippen LogP contribution in [-0.4, -0.2) is 57.8 Å². The highest BCUT2D eigenvalue weighted by Gasteiger charge is 2.20. The van der Waals surface area contributed by atoms with Crippen molar-refractivity contribution in [2.24, 2.45) is 0 Å². The van der Waals surface area contributed by atoms with Crippen molar-refractivity contribution in [1.29, 1.82) is 0 Å². The molecule has 0 amide bonds. The summed E-state index contributed by atoms with van der Waals surface area (Å²) in [5.41, 5.74) is 0. The normalized spacial score (nSPS) is 16.4. The molecule has 0 aliphatic heterocycles. The Morgan fingerprint density at radius 2 is 1.83 bits per heavy atom. The summed E-state index contributed by atoms with van der Waals surface area (Å²) in [4.78, 5) is 2.21. The molecule has 1 fully saturated rings. The van der Waals surface area contributed by atoms with Gasteiger partial charge in [-0.2, -0.15) is 0 Å². The molecule has 0 aromatic heterocycles. The third kappa shape index (κ3) is 7.31. The SMILES string of the molecule is CCN(CC)CCNS(=O)(=O)CCCNC1CC1. The topological polar surface area (TPSA) is 61.4 Å². The molecule has 108 valence electrons. The van der Waals surface area contributed by atoms with Crippen LogP contribution in [0.25, 0.3) is 0 Å². The van der Waals surface area contributed by atoms with Gasteiger partial charge in [-0.25, -0.2) is 13.1 Å². The second kappa shape index (κ2) is 8.09. The third-order valence-corrected chi connectivity index (χ3v) is 4.71. The number of nitrogens with zero attached hydrogens (tertiary/aromatic N) is 1. The van der Waals surface area contributed by atoms with Gasteiger partial charge in [0, 0.05) is 19.1 Å². The van der Waals surface area contributed by atoms with Crippen molar-refractivity contribution in [2.45, 2.75) is 39.2 Å². The average Bonchev–Trinajstić information content (AvgIpc) is 3.14. The minimum Gasteiger partial charge on any atom is -0.314 e. The second-order valence-corrected chi connectivity index (χ2v) is 6.75. The minimum atomic E-state index is -3.09. The van der Waals surface area contributed by atoms with Crippen LogP contribution in [0.4, 0.5) is 0 Å². The van der Waals surface area contributed by atoms with Crippen LogP contribution in [0.1, 0.15) is 33.1 Å². The van der Waals surface area contributed by atoms with Crippen molar-refractivity contribution in [3.63, 3.8) is 0 Å². The maximum atomic E-state index is 11.7. The van der Waals surface area contributed by atoms with Crippen molar-refractivity contribution < 1.29 is 8.42 Å². The summed E-state index contributed by atoms with van der Waals surface area (Å²) in [6, 6.07) is 0.656. The molecule has 0 spiro atoms. The predicted octanol–water partition coefficient (Wildman–Crippen LogP) is 0.390. The van der Waals surface area contributed by atoms with Crippen LogP contribution in [0.5, 0.6) is 0 Å². The van der Waals surface area contributed by atoms with Crippen molar-refractivity contribution in [2.75, 3.05) is 38.5 Å². The molecule has 1 saturated carbocycles. The highest BCUT2D eigenvalue weighted by Crippen LogP contribution is 2.18. The van der Waals surface area contributed by atoms with Crippen LogP contribution in [0, 0.1) is 0 Å². The molecule has 0 bridgehead atoms. The molecule has 5 nitrogen and oxygen atoms in total. The van der Waals surface area contributed by atoms with Gasteiger partial charge in [-0.3, -0.25) is 0 Å². The lowest BCUT2D eigenvalue weighted by Crippen LogP contribution is -2.36. The third-order valence-electron chi connectivity index (χ3n) is 3.24. The molecule has 2 N–H and O–H groups in total. The quantitative estimate of drug-likeness (QED) is 0.536. The number of hydrogen-bond acceptors (Lipinski definition) is 4. The van der Waals surface area contributed by atoms with E-state index in [9.17, 15) is 8.42 Å². The molecule has 0 heterocycles. The summed E-state index contributed by atoms with van der Waals surface area (Å²) >= 11 is 0. The van der Waals surface area contributed by atoms with Gasteiger partial charge in [0.1, 0.15) is 0 Å². The molecule has 0 radical (unpaired) electrons. The van der Waals surface area contributed by atoms with Crippen LogP contribution in [0.3, 0.4) is 0 Å². The van der Waals surface area contributed by atoms with Gasteiger partial charge in [-0.05, 0) is 38.9 Å². The Balaban J connectivity index is 2.06. The van der Waals surface area contributed by atoms with Crippen LogP contribution >= 0.6 is 0 Å². The minimum absolute atomic E-state index is 0.227. The summed E-state index contributed by atoms with van der Waals surface area (Å²) in [6.07, 6.45) is 3.18. The maximum Gasteiger partial charge on any atom is 0.211 e. The van der Waals surface area contributed by atoms with E-state index in [4.69, 9.17) is 0 Å². The maximum absolute atomic E-state index is 11.7. The largest absolute Gasteiger partial charge is 0.314 e. The molecule has 0 atom stereocenters. The Morgan fingerprint density at radius 1 is 1.17 bits per heavy atom. The van der Waals surface area contributed by atoms with Gasteiger partial charge in [-0.15, -0.1) is 0 Å². The van der Waals surface area contributed by atoms with Crippen LogP contribution in [0.2, 0.25) is 0 Å². The van der Waals surface area contributed by atoms with Crippen molar-refractivity contribution in [1.82, 2.24) is 14.9 Å². The number of nitrogens with one attached hydrogen (secondary N) is 2. The first-order valence-corrected chi connectivity index (χ1v) is 8.65. The Bertz CT molecular complexity index is 311. The highest BCUT2D eigenvalue weighted by atomic mass is 32.2. The van der Waals surface area contributed by atoms with Crippen LogP contribution in [-0.2, 0) is 10.0 Å². The van der Waals surface area contributed by atoms with Gasteiger partial charge in [-0.1, -0.05) is 13.8 Å². The molecule has 1 rings (SSSR count). The average molecular weight is 277 g/mol. The van der Waals surface area contributed by atoms with E-state index in [2.05, 4.69) is 28.8 Å². The number of rotatable bonds is 11. The van der Waals surface area contributed by atoms with Gasteiger partial charge < -0.3 is 10.2 Å². The smallest absolute Gasteiger partial charge is 0.211 e. The van der Waals surface area contributed by atoms with E-state index in [1.54, 1.807) is 0 Å². The molecule has 0 aromatic carbocycles. The van der Waals surface area contributed by atoms with E-state index < -0.39 is 10.0 Å². The summed E-state index contributed by atoms with van der Waals surface area (Å²) in [5, 5.41) is 3.32. The molecule has 1 aliphatic rings. The van der Waals surface area contributed by atoms with Gasteiger partial charge in [0.2, 0.25) is 10.0 Å². The first kappa shape index (κ1) is 15.9. The molecule has 0 unspecified atom stereocenters. The van der Waals surface area contributed by atoms with Crippen molar-refractivity contribution in [3.8, 4) is 0 Å². The molecule has 18 heavy (non-hydrogen) atoms. The van der Waals surface area contributed by atoms with E-state index >= 15 is 0 Å². The zero-order valence-corrected chi connectivity index (χ0v) is 12.4. The van der Waals surface area contributed by atoms with E-state index in [0.717, 1.165) is 26.2 Å². The Labute approximate surface area is 111 Å².